The highest BCUT2D eigenvalue weighted by molar-refractivity contribution is 7.16. The fourth-order valence-corrected chi connectivity index (χ4v) is 7.70. The topological polar surface area (TPSA) is 50.3 Å². The molecule has 0 saturated carbocycles. The summed E-state index contributed by atoms with van der Waals surface area (Å²) in [6.07, 6.45) is 2.72. The molecule has 7 rings (SSSR count). The van der Waals surface area contributed by atoms with Crippen molar-refractivity contribution in [3.05, 3.63) is 147 Å². The van der Waals surface area contributed by atoms with Crippen molar-refractivity contribution in [2.75, 3.05) is 4.90 Å². The lowest BCUT2D eigenvalue weighted by molar-refractivity contribution is 0.102. The average molecular weight is 619 g/mol. The number of carbonyl (C=O) groups excluding carboxylic acids is 2. The highest BCUT2D eigenvalue weighted by Crippen LogP contribution is 2.53. The molecule has 2 heterocycles. The molecule has 0 radical (unpaired) electrons. The van der Waals surface area contributed by atoms with Crippen molar-refractivity contribution in [3.8, 4) is 10.4 Å². The van der Waals surface area contributed by atoms with Gasteiger partial charge in [0.25, 0.3) is 0 Å². The van der Waals surface area contributed by atoms with E-state index in [0.717, 1.165) is 50.4 Å². The number of anilines is 3. The Labute approximate surface area is 273 Å². The van der Waals surface area contributed by atoms with Gasteiger partial charge in [0, 0.05) is 43.2 Å². The lowest BCUT2D eigenvalue weighted by Crippen LogP contribution is -2.19. The Morgan fingerprint density at radius 1 is 0.804 bits per heavy atom. The maximum Gasteiger partial charge on any atom is 0.189 e. The molecule has 4 aromatic carbocycles. The van der Waals surface area contributed by atoms with Crippen LogP contribution in [-0.2, 0) is 5.41 Å². The molecule has 46 heavy (non-hydrogen) atoms. The Morgan fingerprint density at radius 3 is 2.02 bits per heavy atom. The molecule has 0 unspecified atom stereocenters. The molecule has 0 saturated heterocycles. The third-order valence-electron chi connectivity index (χ3n) is 8.96. The van der Waals surface area contributed by atoms with Crippen LogP contribution >= 0.6 is 11.3 Å². The molecule has 4 nitrogen and oxygen atoms in total. The summed E-state index contributed by atoms with van der Waals surface area (Å²) in [5.74, 6) is 0.734. The molecule has 0 N–H and O–H groups in total. The smallest absolute Gasteiger partial charge is 0.189 e. The van der Waals surface area contributed by atoms with Gasteiger partial charge in [-0.2, -0.15) is 0 Å². The van der Waals surface area contributed by atoms with Crippen LogP contribution in [0.25, 0.3) is 27.3 Å². The first-order valence-electron chi connectivity index (χ1n) is 15.4. The first kappa shape index (κ1) is 29.6. The molecule has 226 valence electrons. The quantitative estimate of drug-likeness (QED) is 0.101. The third-order valence-corrected chi connectivity index (χ3v) is 10.1. The van der Waals surface area contributed by atoms with Gasteiger partial charge in [-0.15, -0.1) is 11.3 Å². The zero-order valence-electron chi connectivity index (χ0n) is 26.6. The molecule has 5 heteroatoms. The summed E-state index contributed by atoms with van der Waals surface area (Å²) in [4.78, 5) is 35.3. The molecule has 1 aliphatic carbocycles. The molecule has 0 atom stereocenters. The van der Waals surface area contributed by atoms with Crippen LogP contribution in [-0.4, -0.2) is 17.1 Å². The largest absolute Gasteiger partial charge is 0.298 e. The molecular formula is C41H34N2O2S. The van der Waals surface area contributed by atoms with Gasteiger partial charge in [-0.1, -0.05) is 73.5 Å². The van der Waals surface area contributed by atoms with Crippen LogP contribution < -0.4 is 4.90 Å². The number of thiophene rings is 1. The first-order chi connectivity index (χ1) is 22.1. The minimum absolute atomic E-state index is 0.139. The fraction of sp³-hybridized carbons (Fsp3) is 0.146. The van der Waals surface area contributed by atoms with Crippen molar-refractivity contribution in [3.63, 3.8) is 0 Å². The summed E-state index contributed by atoms with van der Waals surface area (Å²) in [6.45, 7) is 10.5. The SMILES string of the molecule is C/C(=C/c1cc2c(s1)-c1ccc(N(c3ccc(C)cc3)c3ccc(C)cc3)nc1C2(C)C)C(=O)c1cc2ccccc2cc1C=O. The van der Waals surface area contributed by atoms with Crippen LogP contribution in [0.1, 0.15) is 68.7 Å². The van der Waals surface area contributed by atoms with Gasteiger partial charge < -0.3 is 0 Å². The Morgan fingerprint density at radius 2 is 1.41 bits per heavy atom. The van der Waals surface area contributed by atoms with Crippen molar-refractivity contribution in [1.82, 2.24) is 4.98 Å². The van der Waals surface area contributed by atoms with Crippen molar-refractivity contribution < 1.29 is 9.59 Å². The van der Waals surface area contributed by atoms with Gasteiger partial charge in [0.15, 0.2) is 12.1 Å². The molecule has 0 spiro atoms. The standard InChI is InChI=1S/C41H34N2O2S/c1-25-10-14-31(15-11-25)43(32-16-12-26(2)13-17-32)37-19-18-34-39-36(41(4,5)40(34)42-37)23-33(46-39)20-27(3)38(45)35-22-29-9-7-6-8-28(29)21-30(35)24-44/h6-24H,1-5H3/b27-20-. The number of benzene rings is 4. The third kappa shape index (κ3) is 5.07. The highest BCUT2D eigenvalue weighted by Gasteiger charge is 2.39. The molecule has 0 amide bonds. The summed E-state index contributed by atoms with van der Waals surface area (Å²) < 4.78 is 0. The monoisotopic (exact) mass is 618 g/mol. The van der Waals surface area contributed by atoms with Gasteiger partial charge in [0.05, 0.1) is 5.69 Å². The van der Waals surface area contributed by atoms with Crippen LogP contribution in [0.5, 0.6) is 0 Å². The van der Waals surface area contributed by atoms with Gasteiger partial charge >= 0.3 is 0 Å². The van der Waals surface area contributed by atoms with E-state index in [9.17, 15) is 9.59 Å². The minimum Gasteiger partial charge on any atom is -0.298 e. The van der Waals surface area contributed by atoms with Crippen molar-refractivity contribution in [2.45, 2.75) is 40.0 Å². The number of pyridine rings is 1. The van der Waals surface area contributed by atoms with E-state index in [1.807, 2.05) is 43.3 Å². The maximum atomic E-state index is 13.6. The number of aryl methyl sites for hydroxylation is 2. The number of carbonyl (C=O) groups is 2. The zero-order chi connectivity index (χ0) is 32.2. The van der Waals surface area contributed by atoms with Gasteiger partial charge in [-0.3, -0.25) is 14.5 Å². The van der Waals surface area contributed by atoms with Crippen LogP contribution in [0.3, 0.4) is 0 Å². The number of rotatable bonds is 7. The zero-order valence-corrected chi connectivity index (χ0v) is 27.4. The van der Waals surface area contributed by atoms with E-state index in [2.05, 4.69) is 99.3 Å². The lowest BCUT2D eigenvalue weighted by atomic mass is 9.86. The molecule has 2 aromatic heterocycles. The summed E-state index contributed by atoms with van der Waals surface area (Å²) in [6, 6.07) is 35.0. The molecule has 1 aliphatic rings. The van der Waals surface area contributed by atoms with Crippen LogP contribution in [0.15, 0.2) is 109 Å². The number of hydrogen-bond donors (Lipinski definition) is 0. The predicted molar refractivity (Wildman–Crippen MR) is 191 cm³/mol. The van der Waals surface area contributed by atoms with Crippen LogP contribution in [0.4, 0.5) is 17.2 Å². The van der Waals surface area contributed by atoms with Crippen molar-refractivity contribution in [1.29, 1.82) is 0 Å². The van der Waals surface area contributed by atoms with Gasteiger partial charge in [-0.05, 0) is 103 Å². The molecule has 0 bridgehead atoms. The second-order valence-electron chi connectivity index (χ2n) is 12.6. The number of nitrogens with zero attached hydrogens (tertiary/aromatic N) is 2. The van der Waals surface area contributed by atoms with Gasteiger partial charge in [-0.25, -0.2) is 4.98 Å². The van der Waals surface area contributed by atoms with E-state index in [4.69, 9.17) is 4.98 Å². The number of Topliss-reactive ketones (excluding diaryl/α,β-unsaturated/α-hetero) is 1. The van der Waals surface area contributed by atoms with E-state index in [0.29, 0.717) is 16.7 Å². The summed E-state index contributed by atoms with van der Waals surface area (Å²) in [5.41, 5.74) is 9.04. The summed E-state index contributed by atoms with van der Waals surface area (Å²) >= 11 is 1.68. The number of fused-ring (bicyclic) bond motifs is 4. The average Bonchev–Trinajstić information content (AvgIpc) is 3.57. The predicted octanol–water partition coefficient (Wildman–Crippen LogP) is 10.8. The van der Waals surface area contributed by atoms with E-state index < -0.39 is 0 Å². The summed E-state index contributed by atoms with van der Waals surface area (Å²) in [5, 5.41) is 1.88. The maximum absolute atomic E-state index is 13.6. The Kier molecular flexibility index (Phi) is 7.29. The normalized spacial score (nSPS) is 13.4. The van der Waals surface area contributed by atoms with Gasteiger partial charge in [0.1, 0.15) is 5.82 Å². The van der Waals surface area contributed by atoms with Crippen molar-refractivity contribution in [2.24, 2.45) is 0 Å². The van der Waals surface area contributed by atoms with E-state index in [1.165, 1.54) is 21.6 Å². The number of allylic oxidation sites excluding steroid dienone is 1. The molecular weight excluding hydrogens is 585 g/mol. The van der Waals surface area contributed by atoms with Gasteiger partial charge in [0.2, 0.25) is 0 Å². The highest BCUT2D eigenvalue weighted by atomic mass is 32.1. The second-order valence-corrected chi connectivity index (χ2v) is 13.7. The number of aromatic nitrogens is 1. The lowest BCUT2D eigenvalue weighted by Gasteiger charge is -2.27. The molecule has 0 aliphatic heterocycles. The first-order valence-corrected chi connectivity index (χ1v) is 16.3. The fourth-order valence-electron chi connectivity index (χ4n) is 6.35. The van der Waals surface area contributed by atoms with Crippen molar-refractivity contribution >= 4 is 57.4 Å². The molecule has 6 aromatic rings. The Bertz CT molecular complexity index is 2140. The number of ketones is 1. The van der Waals surface area contributed by atoms with Crippen LogP contribution in [0, 0.1) is 13.8 Å². The Hall–Kier alpha value is -5.13. The second kappa shape index (κ2) is 11.3. The van der Waals surface area contributed by atoms with E-state index in [-0.39, 0.29) is 11.2 Å². The van der Waals surface area contributed by atoms with E-state index in [1.54, 1.807) is 17.4 Å². The number of hydrogen-bond acceptors (Lipinski definition) is 5. The summed E-state index contributed by atoms with van der Waals surface area (Å²) in [7, 11) is 0. The molecule has 0 fully saturated rings. The van der Waals surface area contributed by atoms with E-state index >= 15 is 0 Å². The Balaban J connectivity index is 1.25. The minimum atomic E-state index is -0.323. The van der Waals surface area contributed by atoms with Crippen LogP contribution in [0.2, 0.25) is 0 Å². The number of aldehydes is 1.